The van der Waals surface area contributed by atoms with Crippen molar-refractivity contribution in [3.05, 3.63) is 0 Å². The molecule has 1 rings (SSSR count). The van der Waals surface area contributed by atoms with E-state index in [0.29, 0.717) is 0 Å². The number of amides is 1. The van der Waals surface area contributed by atoms with Gasteiger partial charge in [-0.05, 0) is 39.5 Å². The van der Waals surface area contributed by atoms with E-state index in [2.05, 4.69) is 11.2 Å². The summed E-state index contributed by atoms with van der Waals surface area (Å²) < 4.78 is 5.10. The minimum Gasteiger partial charge on any atom is -0.444 e. The second-order valence-electron chi connectivity index (χ2n) is 5.46. The third-order valence-corrected chi connectivity index (χ3v) is 2.89. The number of ketones is 1. The van der Waals surface area contributed by atoms with Gasteiger partial charge in [-0.1, -0.05) is 6.42 Å². The Labute approximate surface area is 102 Å². The molecule has 94 valence electrons. The van der Waals surface area contributed by atoms with E-state index in [1.165, 1.54) is 0 Å². The van der Waals surface area contributed by atoms with Gasteiger partial charge in [-0.3, -0.25) is 4.79 Å². The Morgan fingerprint density at radius 2 is 2.00 bits per heavy atom. The zero-order chi connectivity index (χ0) is 13.1. The Hall–Kier alpha value is -1.50. The minimum absolute atomic E-state index is 0.222. The van der Waals surface area contributed by atoms with E-state index in [0.717, 1.165) is 19.3 Å². The zero-order valence-electron chi connectivity index (χ0n) is 10.6. The van der Waals surface area contributed by atoms with Gasteiger partial charge in [0.15, 0.2) is 0 Å². The number of rotatable bonds is 3. The van der Waals surface area contributed by atoms with Gasteiger partial charge in [-0.15, -0.1) is 6.42 Å². The number of ether oxygens (including phenoxy) is 1. The fourth-order valence-electron chi connectivity index (χ4n) is 1.80. The van der Waals surface area contributed by atoms with Crippen LogP contribution < -0.4 is 5.32 Å². The average Bonchev–Trinajstić information content (AvgIpc) is 2.12. The maximum Gasteiger partial charge on any atom is 0.407 e. The molecule has 4 nitrogen and oxygen atoms in total. The Kier molecular flexibility index (Phi) is 3.82. The van der Waals surface area contributed by atoms with E-state index < -0.39 is 17.1 Å². The number of hydrogen-bond donors (Lipinski definition) is 1. The molecule has 0 bridgehead atoms. The molecule has 1 aliphatic rings. The van der Waals surface area contributed by atoms with Crippen LogP contribution in [-0.2, 0) is 9.53 Å². The number of Topliss-reactive ketones (excluding diaryl/α,β-unsaturated/α-hetero) is 1. The Morgan fingerprint density at radius 1 is 1.41 bits per heavy atom. The van der Waals surface area contributed by atoms with Crippen molar-refractivity contribution in [2.75, 3.05) is 6.54 Å². The lowest BCUT2D eigenvalue weighted by Crippen LogP contribution is -2.48. The predicted molar refractivity (Wildman–Crippen MR) is 64.4 cm³/mol. The molecule has 0 atom stereocenters. The molecule has 0 aromatic rings. The van der Waals surface area contributed by atoms with Gasteiger partial charge in [0, 0.05) is 6.54 Å². The van der Waals surface area contributed by atoms with Crippen LogP contribution in [0.5, 0.6) is 0 Å². The number of carbonyl (C=O) groups excluding carboxylic acids is 2. The number of terminal acetylenes is 1. The maximum absolute atomic E-state index is 11.6. The molecule has 0 aromatic heterocycles. The predicted octanol–water partition coefficient (Wildman–Crippen LogP) is 1.88. The highest BCUT2D eigenvalue weighted by atomic mass is 16.6. The van der Waals surface area contributed by atoms with Gasteiger partial charge in [0.05, 0.1) is 5.41 Å². The summed E-state index contributed by atoms with van der Waals surface area (Å²) in [7, 11) is 0. The van der Waals surface area contributed by atoms with Crippen LogP contribution >= 0.6 is 0 Å². The van der Waals surface area contributed by atoms with Crippen LogP contribution in [0.15, 0.2) is 0 Å². The van der Waals surface area contributed by atoms with Crippen molar-refractivity contribution in [2.24, 2.45) is 5.41 Å². The summed E-state index contributed by atoms with van der Waals surface area (Å²) in [6.07, 6.45) is 7.09. The Morgan fingerprint density at radius 3 is 2.35 bits per heavy atom. The lowest BCUT2D eigenvalue weighted by atomic mass is 9.66. The van der Waals surface area contributed by atoms with Gasteiger partial charge in [0.2, 0.25) is 5.78 Å². The normalized spacial score (nSPS) is 17.5. The summed E-state index contributed by atoms with van der Waals surface area (Å²) in [5.41, 5.74) is -1.08. The molecule has 1 N–H and O–H groups in total. The number of carbonyl (C=O) groups is 2. The molecule has 0 spiro atoms. The standard InChI is InChI=1S/C13H19NO3/c1-5-10(15)13(7-6-8-13)9-14-11(16)17-12(2,3)4/h1H,6-9H2,2-4H3,(H,14,16). The zero-order valence-corrected chi connectivity index (χ0v) is 10.6. The van der Waals surface area contributed by atoms with Gasteiger partial charge in [0.1, 0.15) is 5.60 Å². The molecular formula is C13H19NO3. The van der Waals surface area contributed by atoms with Crippen LogP contribution in [0.4, 0.5) is 4.79 Å². The molecule has 4 heteroatoms. The molecule has 0 aromatic carbocycles. The molecule has 0 saturated heterocycles. The van der Waals surface area contributed by atoms with Crippen molar-refractivity contribution in [3.8, 4) is 12.3 Å². The van der Waals surface area contributed by atoms with Crippen molar-refractivity contribution in [1.29, 1.82) is 0 Å². The molecule has 0 aliphatic heterocycles. The topological polar surface area (TPSA) is 55.4 Å². The van der Waals surface area contributed by atoms with Crippen molar-refractivity contribution in [2.45, 2.75) is 45.6 Å². The van der Waals surface area contributed by atoms with E-state index in [-0.39, 0.29) is 12.3 Å². The van der Waals surface area contributed by atoms with Crippen molar-refractivity contribution in [1.82, 2.24) is 5.32 Å². The first-order valence-corrected chi connectivity index (χ1v) is 5.77. The lowest BCUT2D eigenvalue weighted by Gasteiger charge is -2.38. The van der Waals surface area contributed by atoms with Crippen molar-refractivity contribution < 1.29 is 14.3 Å². The van der Waals surface area contributed by atoms with Gasteiger partial charge in [-0.25, -0.2) is 4.79 Å². The molecule has 0 heterocycles. The van der Waals surface area contributed by atoms with E-state index in [9.17, 15) is 9.59 Å². The molecule has 17 heavy (non-hydrogen) atoms. The Balaban J connectivity index is 2.47. The smallest absolute Gasteiger partial charge is 0.407 e. The lowest BCUT2D eigenvalue weighted by molar-refractivity contribution is -0.127. The monoisotopic (exact) mass is 237 g/mol. The number of hydrogen-bond acceptors (Lipinski definition) is 3. The molecule has 1 saturated carbocycles. The molecule has 1 fully saturated rings. The summed E-state index contributed by atoms with van der Waals surface area (Å²) in [6, 6.07) is 0. The summed E-state index contributed by atoms with van der Waals surface area (Å²) >= 11 is 0. The third-order valence-electron chi connectivity index (χ3n) is 2.89. The fourth-order valence-corrected chi connectivity index (χ4v) is 1.80. The summed E-state index contributed by atoms with van der Waals surface area (Å²) in [5, 5.41) is 2.62. The first-order valence-electron chi connectivity index (χ1n) is 5.77. The highest BCUT2D eigenvalue weighted by Crippen LogP contribution is 2.41. The summed E-state index contributed by atoms with van der Waals surface area (Å²) in [4.78, 5) is 23.0. The number of nitrogens with one attached hydrogen (secondary N) is 1. The molecule has 0 radical (unpaired) electrons. The minimum atomic E-state index is -0.550. The SMILES string of the molecule is C#CC(=O)C1(CNC(=O)OC(C)(C)C)CCC1. The van der Waals surface area contributed by atoms with Crippen molar-refractivity contribution >= 4 is 11.9 Å². The molecular weight excluding hydrogens is 218 g/mol. The molecule has 1 amide bonds. The van der Waals surface area contributed by atoms with E-state index in [1.807, 2.05) is 0 Å². The second kappa shape index (κ2) is 4.79. The van der Waals surface area contributed by atoms with Gasteiger partial charge >= 0.3 is 6.09 Å². The third kappa shape index (κ3) is 3.48. The first-order chi connectivity index (χ1) is 7.79. The summed E-state index contributed by atoms with van der Waals surface area (Å²) in [6.45, 7) is 5.64. The van der Waals surface area contributed by atoms with Crippen LogP contribution in [0.1, 0.15) is 40.0 Å². The van der Waals surface area contributed by atoms with Crippen LogP contribution in [-0.4, -0.2) is 24.0 Å². The van der Waals surface area contributed by atoms with Crippen LogP contribution in [0.25, 0.3) is 0 Å². The number of alkyl carbamates (subject to hydrolysis) is 1. The van der Waals surface area contributed by atoms with Gasteiger partial charge < -0.3 is 10.1 Å². The average molecular weight is 237 g/mol. The fraction of sp³-hybridized carbons (Fsp3) is 0.692. The highest BCUT2D eigenvalue weighted by Gasteiger charge is 2.43. The van der Waals surface area contributed by atoms with Gasteiger partial charge in [0.25, 0.3) is 0 Å². The van der Waals surface area contributed by atoms with Crippen LogP contribution in [0.3, 0.4) is 0 Å². The van der Waals surface area contributed by atoms with Crippen molar-refractivity contribution in [3.63, 3.8) is 0 Å². The molecule has 0 unspecified atom stereocenters. The van der Waals surface area contributed by atoms with Gasteiger partial charge in [-0.2, -0.15) is 0 Å². The van der Waals surface area contributed by atoms with E-state index >= 15 is 0 Å². The Bertz CT molecular complexity index is 356. The maximum atomic E-state index is 11.6. The highest BCUT2D eigenvalue weighted by molar-refractivity contribution is 6.00. The van der Waals surface area contributed by atoms with Crippen LogP contribution in [0, 0.1) is 17.8 Å². The first kappa shape index (κ1) is 13.6. The van der Waals surface area contributed by atoms with E-state index in [4.69, 9.17) is 11.2 Å². The summed E-state index contributed by atoms with van der Waals surface area (Å²) in [5.74, 6) is 1.93. The molecule has 1 aliphatic carbocycles. The second-order valence-corrected chi connectivity index (χ2v) is 5.46. The van der Waals surface area contributed by atoms with Crippen LogP contribution in [0.2, 0.25) is 0 Å². The quantitative estimate of drug-likeness (QED) is 0.602. The van der Waals surface area contributed by atoms with E-state index in [1.54, 1.807) is 20.8 Å². The largest absolute Gasteiger partial charge is 0.444 e.